The smallest absolute Gasteiger partial charge is 0.222 e. The minimum atomic E-state index is 0.101. The second-order valence-electron chi connectivity index (χ2n) is 7.40. The predicted octanol–water partition coefficient (Wildman–Crippen LogP) is 2.59. The third kappa shape index (κ3) is 7.48. The number of guanidine groups is 1. The number of carbonyl (C=O) groups excluding carboxylic acids is 1. The van der Waals surface area contributed by atoms with Crippen molar-refractivity contribution >= 4 is 11.9 Å². The number of amides is 1. The van der Waals surface area contributed by atoms with Crippen molar-refractivity contribution in [2.45, 2.75) is 51.5 Å². The quantitative estimate of drug-likeness (QED) is 0.463. The van der Waals surface area contributed by atoms with E-state index in [9.17, 15) is 4.79 Å². The number of benzene rings is 1. The molecule has 0 aliphatic heterocycles. The number of nitrogens with zero attached hydrogens (tertiary/aromatic N) is 2. The van der Waals surface area contributed by atoms with E-state index in [1.807, 2.05) is 32.2 Å². The molecule has 1 amide bonds. The number of ether oxygens (including phenoxy) is 2. The van der Waals surface area contributed by atoms with Gasteiger partial charge in [0, 0.05) is 32.6 Å². The first kappa shape index (κ1) is 22.8. The van der Waals surface area contributed by atoms with Crippen LogP contribution >= 0.6 is 0 Å². The van der Waals surface area contributed by atoms with Crippen molar-refractivity contribution in [2.75, 3.05) is 40.9 Å². The Morgan fingerprint density at radius 2 is 1.93 bits per heavy atom. The molecule has 2 N–H and O–H groups in total. The fourth-order valence-corrected chi connectivity index (χ4v) is 3.54. The van der Waals surface area contributed by atoms with Gasteiger partial charge in [-0.05, 0) is 43.9 Å². The molecule has 1 fully saturated rings. The van der Waals surface area contributed by atoms with Gasteiger partial charge in [-0.15, -0.1) is 0 Å². The Hall–Kier alpha value is -2.44. The largest absolute Gasteiger partial charge is 0.493 e. The van der Waals surface area contributed by atoms with Gasteiger partial charge in [-0.1, -0.05) is 18.9 Å². The lowest BCUT2D eigenvalue weighted by Crippen LogP contribution is -2.40. The lowest BCUT2D eigenvalue weighted by atomic mass is 10.1. The maximum atomic E-state index is 12.1. The van der Waals surface area contributed by atoms with Crippen LogP contribution in [-0.4, -0.2) is 63.7 Å². The molecule has 7 nitrogen and oxygen atoms in total. The number of nitrogens with one attached hydrogen (secondary N) is 2. The highest BCUT2D eigenvalue weighted by Crippen LogP contribution is 2.27. The zero-order valence-electron chi connectivity index (χ0n) is 18.3. The van der Waals surface area contributed by atoms with Gasteiger partial charge in [-0.25, -0.2) is 0 Å². The molecule has 1 aromatic rings. The van der Waals surface area contributed by atoms with E-state index in [1.54, 1.807) is 14.2 Å². The summed E-state index contributed by atoms with van der Waals surface area (Å²) in [6.45, 7) is 4.12. The average Bonchev–Trinajstić information content (AvgIpc) is 3.24. The Morgan fingerprint density at radius 3 is 2.59 bits per heavy atom. The first-order chi connectivity index (χ1) is 14.1. The second kappa shape index (κ2) is 12.2. The van der Waals surface area contributed by atoms with Crippen molar-refractivity contribution in [3.8, 4) is 11.5 Å². The minimum Gasteiger partial charge on any atom is -0.493 e. The van der Waals surface area contributed by atoms with Crippen molar-refractivity contribution in [3.63, 3.8) is 0 Å². The summed E-state index contributed by atoms with van der Waals surface area (Å²) in [4.78, 5) is 18.8. The highest BCUT2D eigenvalue weighted by molar-refractivity contribution is 5.80. The number of carbonyl (C=O) groups is 1. The van der Waals surface area contributed by atoms with E-state index in [2.05, 4.69) is 20.5 Å². The van der Waals surface area contributed by atoms with Crippen LogP contribution in [0.4, 0.5) is 0 Å². The highest BCUT2D eigenvalue weighted by atomic mass is 16.5. The van der Waals surface area contributed by atoms with Crippen molar-refractivity contribution in [1.82, 2.24) is 15.5 Å². The monoisotopic (exact) mass is 404 g/mol. The summed E-state index contributed by atoms with van der Waals surface area (Å²) >= 11 is 0. The molecule has 7 heteroatoms. The molecule has 0 saturated heterocycles. The standard InChI is InChI=1S/C22H36N4O3/c1-5-23-22(24-14-12-21(27)25-18-8-6-7-9-18)26(2)15-13-17-10-11-19(28-3)20(16-17)29-4/h10-11,16,18H,5-9,12-15H2,1-4H3,(H,23,24)(H,25,27). The van der Waals surface area contributed by atoms with Crippen LogP contribution in [0.25, 0.3) is 0 Å². The highest BCUT2D eigenvalue weighted by Gasteiger charge is 2.16. The van der Waals surface area contributed by atoms with Gasteiger partial charge >= 0.3 is 0 Å². The van der Waals surface area contributed by atoms with E-state index in [-0.39, 0.29) is 5.91 Å². The van der Waals surface area contributed by atoms with Crippen molar-refractivity contribution in [3.05, 3.63) is 23.8 Å². The van der Waals surface area contributed by atoms with Crippen LogP contribution in [0.5, 0.6) is 11.5 Å². The van der Waals surface area contributed by atoms with Gasteiger partial charge in [0.2, 0.25) is 5.91 Å². The van der Waals surface area contributed by atoms with E-state index in [0.29, 0.717) is 19.0 Å². The van der Waals surface area contributed by atoms with Gasteiger partial charge in [0.05, 0.1) is 20.8 Å². The van der Waals surface area contributed by atoms with E-state index in [1.165, 1.54) is 18.4 Å². The first-order valence-corrected chi connectivity index (χ1v) is 10.6. The molecule has 29 heavy (non-hydrogen) atoms. The summed E-state index contributed by atoms with van der Waals surface area (Å²) in [5.74, 6) is 2.39. The van der Waals surface area contributed by atoms with E-state index < -0.39 is 0 Å². The summed E-state index contributed by atoms with van der Waals surface area (Å²) in [5, 5.41) is 6.42. The molecule has 0 spiro atoms. The molecule has 0 bridgehead atoms. The summed E-state index contributed by atoms with van der Waals surface area (Å²) in [5.41, 5.74) is 1.17. The molecule has 162 valence electrons. The van der Waals surface area contributed by atoms with Gasteiger partial charge in [0.25, 0.3) is 0 Å². The third-order valence-electron chi connectivity index (χ3n) is 5.20. The van der Waals surface area contributed by atoms with Gasteiger partial charge < -0.3 is 25.0 Å². The molecule has 1 aliphatic rings. The summed E-state index contributed by atoms with van der Waals surface area (Å²) in [7, 11) is 5.30. The number of hydrogen-bond donors (Lipinski definition) is 2. The van der Waals surface area contributed by atoms with Crippen molar-refractivity contribution in [1.29, 1.82) is 0 Å². The van der Waals surface area contributed by atoms with Crippen molar-refractivity contribution < 1.29 is 14.3 Å². The number of rotatable bonds is 10. The van der Waals surface area contributed by atoms with Gasteiger partial charge in [-0.2, -0.15) is 0 Å². The molecule has 2 rings (SSSR count). The zero-order chi connectivity index (χ0) is 21.1. The topological polar surface area (TPSA) is 75.2 Å². The first-order valence-electron chi connectivity index (χ1n) is 10.6. The SMILES string of the molecule is CCNC(=NCCC(=O)NC1CCCC1)N(C)CCc1ccc(OC)c(OC)c1. The maximum absolute atomic E-state index is 12.1. The molecule has 1 saturated carbocycles. The molecule has 0 aromatic heterocycles. The summed E-state index contributed by atoms with van der Waals surface area (Å²) in [6.07, 6.45) is 5.93. The molecular weight excluding hydrogens is 368 g/mol. The fraction of sp³-hybridized carbons (Fsp3) is 0.636. The van der Waals surface area contributed by atoms with Gasteiger partial charge in [0.1, 0.15) is 0 Å². The molecule has 1 aromatic carbocycles. The molecule has 0 atom stereocenters. The molecular formula is C22H36N4O3. The Morgan fingerprint density at radius 1 is 1.21 bits per heavy atom. The lowest BCUT2D eigenvalue weighted by molar-refractivity contribution is -0.121. The number of aliphatic imine (C=N–C) groups is 1. The van der Waals surface area contributed by atoms with Crippen LogP contribution < -0.4 is 20.1 Å². The molecule has 0 heterocycles. The Labute approximate surface area is 174 Å². The lowest BCUT2D eigenvalue weighted by Gasteiger charge is -2.22. The number of hydrogen-bond acceptors (Lipinski definition) is 4. The normalized spacial score (nSPS) is 14.6. The van der Waals surface area contributed by atoms with E-state index in [4.69, 9.17) is 9.47 Å². The number of likely N-dealkylation sites (N-methyl/N-ethyl adjacent to an activating group) is 1. The second-order valence-corrected chi connectivity index (χ2v) is 7.40. The average molecular weight is 405 g/mol. The Bertz CT molecular complexity index is 672. The summed E-state index contributed by atoms with van der Waals surface area (Å²) in [6, 6.07) is 6.34. The van der Waals surface area contributed by atoms with Crippen LogP contribution in [0.3, 0.4) is 0 Å². The van der Waals surface area contributed by atoms with Crippen LogP contribution in [0, 0.1) is 0 Å². The number of methoxy groups -OCH3 is 2. The van der Waals surface area contributed by atoms with Crippen LogP contribution in [-0.2, 0) is 11.2 Å². The van der Waals surface area contributed by atoms with Gasteiger partial charge in [0.15, 0.2) is 17.5 Å². The van der Waals surface area contributed by atoms with Crippen LogP contribution in [0.1, 0.15) is 44.6 Å². The fourth-order valence-electron chi connectivity index (χ4n) is 3.54. The van der Waals surface area contributed by atoms with Crippen LogP contribution in [0.2, 0.25) is 0 Å². The molecule has 0 radical (unpaired) electrons. The molecule has 1 aliphatic carbocycles. The van der Waals surface area contributed by atoms with E-state index in [0.717, 1.165) is 49.8 Å². The Balaban J connectivity index is 1.84. The Kier molecular flexibility index (Phi) is 9.60. The maximum Gasteiger partial charge on any atom is 0.222 e. The van der Waals surface area contributed by atoms with E-state index >= 15 is 0 Å². The van der Waals surface area contributed by atoms with Gasteiger partial charge in [-0.3, -0.25) is 9.79 Å². The molecule has 0 unspecified atom stereocenters. The van der Waals surface area contributed by atoms with Crippen LogP contribution in [0.15, 0.2) is 23.2 Å². The zero-order valence-corrected chi connectivity index (χ0v) is 18.3. The third-order valence-corrected chi connectivity index (χ3v) is 5.20. The van der Waals surface area contributed by atoms with Crippen molar-refractivity contribution in [2.24, 2.45) is 4.99 Å². The predicted molar refractivity (Wildman–Crippen MR) is 117 cm³/mol. The summed E-state index contributed by atoms with van der Waals surface area (Å²) < 4.78 is 10.7. The minimum absolute atomic E-state index is 0.101.